The normalized spacial score (nSPS) is 0. The van der Waals surface area contributed by atoms with Crippen LogP contribution < -0.4 is 37.2 Å². The zero-order chi connectivity index (χ0) is 0. The maximum Gasteiger partial charge on any atom is 0 e. The van der Waals surface area contributed by atoms with Gasteiger partial charge in [-0.3, -0.25) is 0 Å². The smallest absolute Gasteiger partial charge is 0 e. The van der Waals surface area contributed by atoms with Crippen LogP contribution in [0, 0.1) is 0 Å². The third kappa shape index (κ3) is 9.27. The molecule has 0 spiro atoms. The molecule has 0 N–H and O–H groups in total. The van der Waals surface area contributed by atoms with Crippen LogP contribution in [-0.2, 0) is 25.8 Å². The zero-order valence-electron chi connectivity index (χ0n) is 1.63. The second-order valence-corrected chi connectivity index (χ2v) is 0. The quantitative estimate of drug-likeness (QED) is 0.388. The summed E-state index contributed by atoms with van der Waals surface area (Å²) in [5.74, 6) is 0. The molecule has 0 radical (unpaired) electrons. The molecule has 0 nitrogen and oxygen atoms in total. The summed E-state index contributed by atoms with van der Waals surface area (Å²) in [6.07, 6.45) is 0. The molecular formula is Cl3Hf-3. The first-order valence-corrected chi connectivity index (χ1v) is 0. The van der Waals surface area contributed by atoms with Crippen LogP contribution in [0.15, 0.2) is 0 Å². The monoisotopic (exact) mass is 285 g/mol. The van der Waals surface area contributed by atoms with E-state index in [1.54, 1.807) is 0 Å². The van der Waals surface area contributed by atoms with Gasteiger partial charge in [0.15, 0.2) is 0 Å². The van der Waals surface area contributed by atoms with E-state index in [0.717, 1.165) is 0 Å². The molecule has 0 saturated carbocycles. The van der Waals surface area contributed by atoms with Gasteiger partial charge in [0.1, 0.15) is 0 Å². The molecule has 4 heteroatoms. The van der Waals surface area contributed by atoms with Crippen molar-refractivity contribution in [1.29, 1.82) is 0 Å². The summed E-state index contributed by atoms with van der Waals surface area (Å²) in [4.78, 5) is 0. The molecule has 0 aromatic carbocycles. The van der Waals surface area contributed by atoms with Crippen LogP contribution >= 0.6 is 0 Å². The minimum absolute atomic E-state index is 0. The van der Waals surface area contributed by atoms with Crippen LogP contribution in [0.3, 0.4) is 0 Å². The molecule has 0 aliphatic carbocycles. The summed E-state index contributed by atoms with van der Waals surface area (Å²) in [5.41, 5.74) is 0. The van der Waals surface area contributed by atoms with Crippen LogP contribution in [0.2, 0.25) is 0 Å². The van der Waals surface area contributed by atoms with E-state index in [2.05, 4.69) is 0 Å². The second-order valence-electron chi connectivity index (χ2n) is 0. The van der Waals surface area contributed by atoms with Crippen LogP contribution in [-0.4, -0.2) is 0 Å². The summed E-state index contributed by atoms with van der Waals surface area (Å²) in [5, 5.41) is 0. The van der Waals surface area contributed by atoms with E-state index in [9.17, 15) is 0 Å². The average Bonchev–Trinajstić information content (AvgIpc) is 0. The molecule has 0 amide bonds. The molecule has 0 aromatic heterocycles. The van der Waals surface area contributed by atoms with Crippen LogP contribution in [0.4, 0.5) is 0 Å². The molecule has 0 unspecified atom stereocenters. The standard InChI is InChI=1S/3ClH.Hf/h3*1H;/p-3. The molecule has 4 heavy (non-hydrogen) atoms. The van der Waals surface area contributed by atoms with Gasteiger partial charge in [-0.05, 0) is 0 Å². The molecule has 0 rings (SSSR count). The number of rotatable bonds is 0. The zero-order valence-corrected chi connectivity index (χ0v) is 7.49. The number of hydrogen-bond donors (Lipinski definition) is 0. The number of hydrogen-bond acceptors (Lipinski definition) is 0. The van der Waals surface area contributed by atoms with Gasteiger partial charge in [0.05, 0.1) is 0 Å². The summed E-state index contributed by atoms with van der Waals surface area (Å²) >= 11 is 0. The Bertz CT molecular complexity index is 3.25. The largest absolute Gasteiger partial charge is 1.00 e. The SMILES string of the molecule is [Cl-].[Cl-].[Cl-].[Hf]. The Kier molecular flexibility index (Phi) is 233. The van der Waals surface area contributed by atoms with Gasteiger partial charge in [-0.1, -0.05) is 0 Å². The molecule has 0 aromatic rings. The van der Waals surface area contributed by atoms with Crippen molar-refractivity contribution in [1.82, 2.24) is 0 Å². The Balaban J connectivity index is 0. The molecule has 0 aliphatic rings. The van der Waals surface area contributed by atoms with Gasteiger partial charge in [-0.2, -0.15) is 0 Å². The minimum atomic E-state index is 0. The fraction of sp³-hybridized carbons (Fsp3) is 0. The van der Waals surface area contributed by atoms with E-state index >= 15 is 0 Å². The molecule has 0 fully saturated rings. The van der Waals surface area contributed by atoms with E-state index in [-0.39, 0.29) is 63.1 Å². The van der Waals surface area contributed by atoms with Crippen molar-refractivity contribution in [2.75, 3.05) is 0 Å². The van der Waals surface area contributed by atoms with Gasteiger partial charge in [-0.25, -0.2) is 0 Å². The van der Waals surface area contributed by atoms with E-state index in [1.807, 2.05) is 0 Å². The van der Waals surface area contributed by atoms with Gasteiger partial charge in [-0.15, -0.1) is 0 Å². The van der Waals surface area contributed by atoms with E-state index in [0.29, 0.717) is 0 Å². The molecular weight excluding hydrogens is 285 g/mol. The van der Waals surface area contributed by atoms with Crippen molar-refractivity contribution < 1.29 is 63.1 Å². The first-order valence-electron chi connectivity index (χ1n) is 0. The first-order chi connectivity index (χ1) is 0. The topological polar surface area (TPSA) is 0 Å². The predicted octanol–water partition coefficient (Wildman–Crippen LogP) is -8.99. The summed E-state index contributed by atoms with van der Waals surface area (Å²) in [6.45, 7) is 0. The fourth-order valence-electron chi connectivity index (χ4n) is 0. The van der Waals surface area contributed by atoms with Crippen molar-refractivity contribution in [3.8, 4) is 0 Å². The van der Waals surface area contributed by atoms with Crippen LogP contribution in [0.1, 0.15) is 0 Å². The molecule has 0 bridgehead atoms. The predicted molar refractivity (Wildman–Crippen MR) is 0 cm³/mol. The summed E-state index contributed by atoms with van der Waals surface area (Å²) < 4.78 is 0. The molecule has 0 aliphatic heterocycles. The van der Waals surface area contributed by atoms with Crippen molar-refractivity contribution in [3.05, 3.63) is 0 Å². The molecule has 28 valence electrons. The summed E-state index contributed by atoms with van der Waals surface area (Å²) in [6, 6.07) is 0. The van der Waals surface area contributed by atoms with Crippen molar-refractivity contribution in [2.24, 2.45) is 0 Å². The Labute approximate surface area is 62.7 Å². The third-order valence-corrected chi connectivity index (χ3v) is 0. The average molecular weight is 285 g/mol. The van der Waals surface area contributed by atoms with Crippen LogP contribution in [0.25, 0.3) is 0 Å². The van der Waals surface area contributed by atoms with Gasteiger partial charge < -0.3 is 37.2 Å². The maximum atomic E-state index is 0. The summed E-state index contributed by atoms with van der Waals surface area (Å²) in [7, 11) is 0. The van der Waals surface area contributed by atoms with Crippen LogP contribution in [0.5, 0.6) is 0 Å². The second kappa shape index (κ2) is 21.9. The van der Waals surface area contributed by atoms with Gasteiger partial charge in [0.2, 0.25) is 0 Å². The van der Waals surface area contributed by atoms with Crippen molar-refractivity contribution in [2.45, 2.75) is 0 Å². The van der Waals surface area contributed by atoms with Gasteiger partial charge in [0, 0.05) is 25.8 Å². The van der Waals surface area contributed by atoms with E-state index in [4.69, 9.17) is 0 Å². The Morgan fingerprint density at radius 3 is 0.500 bits per heavy atom. The Morgan fingerprint density at radius 2 is 0.500 bits per heavy atom. The third-order valence-electron chi connectivity index (χ3n) is 0. The van der Waals surface area contributed by atoms with E-state index in [1.165, 1.54) is 0 Å². The molecule has 0 atom stereocenters. The fourth-order valence-corrected chi connectivity index (χ4v) is 0. The van der Waals surface area contributed by atoms with Crippen molar-refractivity contribution >= 4 is 0 Å². The van der Waals surface area contributed by atoms with Gasteiger partial charge in [0.25, 0.3) is 0 Å². The first kappa shape index (κ1) is 42.6. The van der Waals surface area contributed by atoms with Crippen molar-refractivity contribution in [3.63, 3.8) is 0 Å². The molecule has 0 heterocycles. The Morgan fingerprint density at radius 1 is 0.500 bits per heavy atom. The maximum absolute atomic E-state index is 0. The van der Waals surface area contributed by atoms with E-state index < -0.39 is 0 Å². The van der Waals surface area contributed by atoms with Gasteiger partial charge >= 0.3 is 0 Å². The molecule has 0 saturated heterocycles. The number of halogens is 3. The minimum Gasteiger partial charge on any atom is -1.00 e. The Hall–Kier alpha value is 1.74.